The van der Waals surface area contributed by atoms with Gasteiger partial charge in [-0.3, -0.25) is 0 Å². The van der Waals surface area contributed by atoms with E-state index in [0.717, 1.165) is 21.9 Å². The van der Waals surface area contributed by atoms with Crippen LogP contribution in [0.25, 0.3) is 21.7 Å². The van der Waals surface area contributed by atoms with Crippen molar-refractivity contribution in [3.8, 4) is 0 Å². The molecule has 0 saturated carbocycles. The van der Waals surface area contributed by atoms with Crippen molar-refractivity contribution in [2.45, 2.75) is 13.3 Å². The molecule has 17 heavy (non-hydrogen) atoms. The molecule has 0 fully saturated rings. The van der Waals surface area contributed by atoms with E-state index in [1.165, 1.54) is 0 Å². The lowest BCUT2D eigenvalue weighted by Crippen LogP contribution is -1.97. The molecular formula is C14H11FN2. The second-order valence-electron chi connectivity index (χ2n) is 3.97. The molecule has 3 heteroatoms. The minimum absolute atomic E-state index is 0.648. The fourth-order valence-electron chi connectivity index (χ4n) is 2.20. The van der Waals surface area contributed by atoms with Crippen molar-refractivity contribution in [2.24, 2.45) is 0 Å². The molecule has 0 spiro atoms. The lowest BCUT2D eigenvalue weighted by atomic mass is 10.0. The topological polar surface area (TPSA) is 25.8 Å². The number of nitrogens with zero attached hydrogens (tertiary/aromatic N) is 2. The summed E-state index contributed by atoms with van der Waals surface area (Å²) in [6.07, 6.45) is 0.0499. The summed E-state index contributed by atoms with van der Waals surface area (Å²) in [7, 11) is 0. The van der Waals surface area contributed by atoms with Gasteiger partial charge in [0.2, 0.25) is 0 Å². The average Bonchev–Trinajstić information content (AvgIpc) is 2.37. The van der Waals surface area contributed by atoms with Gasteiger partial charge in [0.1, 0.15) is 0 Å². The van der Waals surface area contributed by atoms with E-state index < -0.39 is 6.08 Å². The fraction of sp³-hybridized carbons (Fsp3) is 0.143. The number of aryl methyl sites for hydroxylation is 1. The molecule has 1 heterocycles. The number of rotatable bonds is 1. The molecular weight excluding hydrogens is 215 g/mol. The van der Waals surface area contributed by atoms with Crippen LogP contribution in [0.3, 0.4) is 0 Å². The zero-order valence-electron chi connectivity index (χ0n) is 9.44. The Hall–Kier alpha value is -2.03. The van der Waals surface area contributed by atoms with Crippen molar-refractivity contribution in [1.82, 2.24) is 9.97 Å². The van der Waals surface area contributed by atoms with Crippen LogP contribution in [0.4, 0.5) is 4.39 Å². The lowest BCUT2D eigenvalue weighted by molar-refractivity contribution is 0.539. The molecule has 2 aromatic carbocycles. The molecule has 0 bridgehead atoms. The zero-order valence-corrected chi connectivity index (χ0v) is 9.44. The van der Waals surface area contributed by atoms with E-state index in [0.29, 0.717) is 11.9 Å². The third kappa shape index (κ3) is 1.55. The maximum atomic E-state index is 13.3. The molecule has 0 radical (unpaired) electrons. The maximum Gasteiger partial charge on any atom is 0.309 e. The Balaban J connectivity index is 2.56. The van der Waals surface area contributed by atoms with Gasteiger partial charge in [0, 0.05) is 5.39 Å². The zero-order chi connectivity index (χ0) is 11.8. The first-order chi connectivity index (χ1) is 8.29. The summed E-state index contributed by atoms with van der Waals surface area (Å²) in [5.41, 5.74) is 1.44. The molecule has 0 unspecified atom stereocenters. The molecule has 1 aromatic heterocycles. The van der Waals surface area contributed by atoms with Gasteiger partial charge in [-0.2, -0.15) is 4.39 Å². The van der Waals surface area contributed by atoms with Crippen LogP contribution in [0, 0.1) is 6.08 Å². The number of fused-ring (bicyclic) bond motifs is 3. The summed E-state index contributed by atoms with van der Waals surface area (Å²) < 4.78 is 13.3. The van der Waals surface area contributed by atoms with Gasteiger partial charge in [0.15, 0.2) is 0 Å². The first-order valence-electron chi connectivity index (χ1n) is 5.63. The van der Waals surface area contributed by atoms with E-state index in [-0.39, 0.29) is 0 Å². The largest absolute Gasteiger partial charge is 0.309 e. The van der Waals surface area contributed by atoms with Crippen LogP contribution in [0.1, 0.15) is 12.6 Å². The van der Waals surface area contributed by atoms with Gasteiger partial charge in [-0.25, -0.2) is 9.97 Å². The number of hydrogen-bond acceptors (Lipinski definition) is 2. The number of aromatic nitrogens is 2. The second kappa shape index (κ2) is 3.77. The normalized spacial score (nSPS) is 11.2. The highest BCUT2D eigenvalue weighted by Crippen LogP contribution is 2.26. The van der Waals surface area contributed by atoms with E-state index in [1.54, 1.807) is 0 Å². The Bertz CT molecular complexity index is 707. The Morgan fingerprint density at radius 1 is 1.06 bits per heavy atom. The summed E-state index contributed by atoms with van der Waals surface area (Å²) >= 11 is 0. The van der Waals surface area contributed by atoms with Gasteiger partial charge in [-0.15, -0.1) is 0 Å². The summed E-state index contributed by atoms with van der Waals surface area (Å²) in [5.74, 6) is 0. The SMILES string of the molecule is CCc1nc(F)nc2ccc3ccccc3c12. The second-order valence-corrected chi connectivity index (χ2v) is 3.97. The summed E-state index contributed by atoms with van der Waals surface area (Å²) in [6, 6.07) is 11.8. The quantitative estimate of drug-likeness (QED) is 0.469. The Kier molecular flexibility index (Phi) is 2.25. The van der Waals surface area contributed by atoms with Crippen LogP contribution < -0.4 is 0 Å². The van der Waals surface area contributed by atoms with Gasteiger partial charge >= 0.3 is 6.08 Å². The van der Waals surface area contributed by atoms with Gasteiger partial charge in [0.25, 0.3) is 0 Å². The molecule has 0 aliphatic carbocycles. The molecule has 0 atom stereocenters. The van der Waals surface area contributed by atoms with E-state index in [1.807, 2.05) is 43.3 Å². The van der Waals surface area contributed by atoms with Crippen LogP contribution in [0.2, 0.25) is 0 Å². The van der Waals surface area contributed by atoms with E-state index >= 15 is 0 Å². The van der Waals surface area contributed by atoms with Crippen molar-refractivity contribution in [3.63, 3.8) is 0 Å². The van der Waals surface area contributed by atoms with Gasteiger partial charge < -0.3 is 0 Å². The van der Waals surface area contributed by atoms with E-state index in [9.17, 15) is 4.39 Å². The maximum absolute atomic E-state index is 13.3. The fourth-order valence-corrected chi connectivity index (χ4v) is 2.20. The van der Waals surface area contributed by atoms with Crippen LogP contribution in [-0.4, -0.2) is 9.97 Å². The highest BCUT2D eigenvalue weighted by Gasteiger charge is 2.09. The predicted molar refractivity (Wildman–Crippen MR) is 66.4 cm³/mol. The average molecular weight is 226 g/mol. The Morgan fingerprint density at radius 3 is 2.71 bits per heavy atom. The third-order valence-corrected chi connectivity index (χ3v) is 2.97. The highest BCUT2D eigenvalue weighted by molar-refractivity contribution is 6.07. The molecule has 0 aliphatic rings. The van der Waals surface area contributed by atoms with Crippen LogP contribution in [-0.2, 0) is 6.42 Å². The molecule has 3 aromatic rings. The van der Waals surface area contributed by atoms with Crippen LogP contribution in [0.15, 0.2) is 36.4 Å². The summed E-state index contributed by atoms with van der Waals surface area (Å²) in [6.45, 7) is 1.98. The standard InChI is InChI=1S/C14H11FN2/c1-2-11-13-10-6-4-3-5-9(10)7-8-12(13)17-14(15)16-11/h3-8H,2H2,1H3. The predicted octanol–water partition coefficient (Wildman–Crippen LogP) is 3.48. The van der Waals surface area contributed by atoms with E-state index in [4.69, 9.17) is 0 Å². The van der Waals surface area contributed by atoms with Crippen molar-refractivity contribution >= 4 is 21.7 Å². The van der Waals surface area contributed by atoms with Crippen molar-refractivity contribution in [3.05, 3.63) is 48.2 Å². The Morgan fingerprint density at radius 2 is 1.88 bits per heavy atom. The lowest BCUT2D eigenvalue weighted by Gasteiger charge is -2.07. The van der Waals surface area contributed by atoms with Crippen molar-refractivity contribution < 1.29 is 4.39 Å². The molecule has 0 aliphatic heterocycles. The van der Waals surface area contributed by atoms with Gasteiger partial charge in [0.05, 0.1) is 11.2 Å². The minimum atomic E-state index is -0.648. The summed E-state index contributed by atoms with van der Waals surface area (Å²) in [5, 5.41) is 3.18. The first-order valence-corrected chi connectivity index (χ1v) is 5.63. The summed E-state index contributed by atoms with van der Waals surface area (Å²) in [4.78, 5) is 7.75. The van der Waals surface area contributed by atoms with Crippen molar-refractivity contribution in [1.29, 1.82) is 0 Å². The number of benzene rings is 2. The van der Waals surface area contributed by atoms with Crippen LogP contribution in [0.5, 0.6) is 0 Å². The Labute approximate surface area is 98.1 Å². The number of halogens is 1. The van der Waals surface area contributed by atoms with Gasteiger partial charge in [-0.1, -0.05) is 37.3 Å². The molecule has 0 N–H and O–H groups in total. The van der Waals surface area contributed by atoms with Crippen molar-refractivity contribution in [2.75, 3.05) is 0 Å². The smallest absolute Gasteiger partial charge is 0.207 e. The number of hydrogen-bond donors (Lipinski definition) is 0. The van der Waals surface area contributed by atoms with Crippen LogP contribution >= 0.6 is 0 Å². The minimum Gasteiger partial charge on any atom is -0.207 e. The third-order valence-electron chi connectivity index (χ3n) is 2.97. The van der Waals surface area contributed by atoms with Gasteiger partial charge in [-0.05, 0) is 23.3 Å². The molecule has 3 rings (SSSR count). The highest BCUT2D eigenvalue weighted by atomic mass is 19.1. The molecule has 0 saturated heterocycles. The first kappa shape index (κ1) is 10.1. The monoisotopic (exact) mass is 226 g/mol. The molecule has 84 valence electrons. The van der Waals surface area contributed by atoms with E-state index in [2.05, 4.69) is 9.97 Å². The molecule has 0 amide bonds. The molecule has 2 nitrogen and oxygen atoms in total.